The van der Waals surface area contributed by atoms with Crippen LogP contribution in [-0.4, -0.2) is 49.6 Å². The van der Waals surface area contributed by atoms with Gasteiger partial charge in [-0.2, -0.15) is 0 Å². The zero-order valence-corrected chi connectivity index (χ0v) is 25.9. The third-order valence-electron chi connectivity index (χ3n) is 9.11. The quantitative estimate of drug-likeness (QED) is 0.166. The number of ether oxygens (including phenoxy) is 2. The van der Waals surface area contributed by atoms with Crippen molar-refractivity contribution in [2.45, 2.75) is 37.9 Å². The largest absolute Gasteiger partial charge is 0.452 e. The van der Waals surface area contributed by atoms with Crippen LogP contribution >= 0.6 is 0 Å². The minimum absolute atomic E-state index is 0.119. The Hall–Kier alpha value is -4.39. The number of hydrogen-bond donors (Lipinski definition) is 0. The molecule has 230 valence electrons. The maximum atomic E-state index is 13.3. The normalized spacial score (nSPS) is 16.0. The summed E-state index contributed by atoms with van der Waals surface area (Å²) < 4.78 is 19.7. The lowest BCUT2D eigenvalue weighted by molar-refractivity contribution is -0.0456. The predicted molar refractivity (Wildman–Crippen MR) is 179 cm³/mol. The highest BCUT2D eigenvalue weighted by Crippen LogP contribution is 2.50. The lowest BCUT2D eigenvalue weighted by Crippen LogP contribution is -2.36. The van der Waals surface area contributed by atoms with Gasteiger partial charge >= 0.3 is 5.79 Å². The molecule has 5 aromatic rings. The fourth-order valence-electron chi connectivity index (χ4n) is 6.53. The summed E-state index contributed by atoms with van der Waals surface area (Å²) in [6.45, 7) is 5.87. The molecule has 7 rings (SSSR count). The van der Waals surface area contributed by atoms with Gasteiger partial charge in [0, 0.05) is 35.8 Å². The maximum Gasteiger partial charge on any atom is 0.305 e. The Labute approximate surface area is 264 Å². The van der Waals surface area contributed by atoms with Crippen molar-refractivity contribution in [3.8, 4) is 22.8 Å². The van der Waals surface area contributed by atoms with E-state index in [1.54, 1.807) is 18.2 Å². The van der Waals surface area contributed by atoms with E-state index in [9.17, 15) is 4.79 Å². The third-order valence-corrected chi connectivity index (χ3v) is 9.11. The van der Waals surface area contributed by atoms with E-state index in [0.717, 1.165) is 42.6 Å². The van der Waals surface area contributed by atoms with E-state index in [1.165, 1.54) is 44.5 Å². The highest BCUT2D eigenvalue weighted by Gasteiger charge is 2.46. The van der Waals surface area contributed by atoms with Crippen molar-refractivity contribution in [1.29, 1.82) is 0 Å². The van der Waals surface area contributed by atoms with Crippen molar-refractivity contribution >= 4 is 11.0 Å². The van der Waals surface area contributed by atoms with Crippen molar-refractivity contribution in [2.24, 2.45) is 0 Å². The molecule has 0 amide bonds. The molecule has 0 radical (unpaired) electrons. The topological polar surface area (TPSA) is 55.2 Å². The summed E-state index contributed by atoms with van der Waals surface area (Å²) in [5.74, 6) is 0.272. The molecule has 45 heavy (non-hydrogen) atoms. The summed E-state index contributed by atoms with van der Waals surface area (Å²) in [7, 11) is 2.23. The standard InChI is InChI=1S/C39H40N2O4/c1-40(26-27-41-24-9-4-10-25-41)23-11-12-29-17-19-30(20-18-29)36-28-34(42)33-21-22-35-38(37(33)43-36)45-39(44-35,31-13-5-2-6-14-31)32-15-7-3-8-16-32/h2-3,5-8,13-22,28H,4,9-12,23-27H2,1H3. The van der Waals surface area contributed by atoms with Crippen molar-refractivity contribution in [3.05, 3.63) is 130 Å². The Morgan fingerprint density at radius 2 is 1.47 bits per heavy atom. The summed E-state index contributed by atoms with van der Waals surface area (Å²) in [4.78, 5) is 18.4. The van der Waals surface area contributed by atoms with Crippen molar-refractivity contribution in [2.75, 3.05) is 39.8 Å². The fourth-order valence-corrected chi connectivity index (χ4v) is 6.53. The Morgan fingerprint density at radius 3 is 2.16 bits per heavy atom. The number of nitrogens with zero attached hydrogens (tertiary/aromatic N) is 2. The second-order valence-corrected chi connectivity index (χ2v) is 12.3. The van der Waals surface area contributed by atoms with E-state index in [0.29, 0.717) is 28.2 Å². The van der Waals surface area contributed by atoms with E-state index in [1.807, 2.05) is 72.8 Å². The molecule has 6 nitrogen and oxygen atoms in total. The molecule has 0 saturated carbocycles. The van der Waals surface area contributed by atoms with Gasteiger partial charge < -0.3 is 23.7 Å². The lowest BCUT2D eigenvalue weighted by atomic mass is 9.97. The molecule has 1 fully saturated rings. The van der Waals surface area contributed by atoms with Gasteiger partial charge in [0.2, 0.25) is 5.75 Å². The van der Waals surface area contributed by atoms with Crippen LogP contribution in [0.1, 0.15) is 42.4 Å². The minimum atomic E-state index is -1.20. The van der Waals surface area contributed by atoms with E-state index in [-0.39, 0.29) is 5.43 Å². The number of benzene rings is 4. The minimum Gasteiger partial charge on any atom is -0.452 e. The summed E-state index contributed by atoms with van der Waals surface area (Å²) >= 11 is 0. The molecule has 2 aliphatic rings. The molecule has 0 spiro atoms. The lowest BCUT2D eigenvalue weighted by Gasteiger charge is -2.28. The summed E-state index contributed by atoms with van der Waals surface area (Å²) in [6, 6.07) is 33.2. The van der Waals surface area contributed by atoms with Gasteiger partial charge in [-0.3, -0.25) is 4.79 Å². The highest BCUT2D eigenvalue weighted by molar-refractivity contribution is 5.87. The smallest absolute Gasteiger partial charge is 0.305 e. The summed E-state index contributed by atoms with van der Waals surface area (Å²) in [5, 5.41) is 0.457. The highest BCUT2D eigenvalue weighted by atomic mass is 16.7. The molecule has 0 atom stereocenters. The van der Waals surface area contributed by atoms with Crippen LogP contribution in [0.15, 0.2) is 112 Å². The third kappa shape index (κ3) is 6.13. The molecule has 6 heteroatoms. The second-order valence-electron chi connectivity index (χ2n) is 12.3. The average molecular weight is 601 g/mol. The molecule has 1 aromatic heterocycles. The van der Waals surface area contributed by atoms with Crippen LogP contribution < -0.4 is 14.9 Å². The zero-order chi connectivity index (χ0) is 30.6. The summed E-state index contributed by atoms with van der Waals surface area (Å²) in [6.07, 6.45) is 6.18. The van der Waals surface area contributed by atoms with Gasteiger partial charge in [-0.1, -0.05) is 91.3 Å². The Kier molecular flexibility index (Phi) is 8.42. The average Bonchev–Trinajstić information content (AvgIpc) is 3.51. The van der Waals surface area contributed by atoms with Gasteiger partial charge in [-0.15, -0.1) is 0 Å². The van der Waals surface area contributed by atoms with Gasteiger partial charge in [-0.25, -0.2) is 0 Å². The second kappa shape index (κ2) is 12.9. The van der Waals surface area contributed by atoms with Gasteiger partial charge in [0.15, 0.2) is 16.8 Å². The van der Waals surface area contributed by atoms with Gasteiger partial charge in [0.1, 0.15) is 5.76 Å². The molecular weight excluding hydrogens is 560 g/mol. The number of fused-ring (bicyclic) bond motifs is 3. The molecule has 3 heterocycles. The van der Waals surface area contributed by atoms with Crippen LogP contribution in [0.2, 0.25) is 0 Å². The molecule has 0 N–H and O–H groups in total. The first-order valence-corrected chi connectivity index (χ1v) is 16.2. The Morgan fingerprint density at radius 1 is 0.778 bits per heavy atom. The molecule has 0 aliphatic carbocycles. The number of hydrogen-bond acceptors (Lipinski definition) is 6. The van der Waals surface area contributed by atoms with Crippen molar-refractivity contribution in [3.63, 3.8) is 0 Å². The first-order valence-electron chi connectivity index (χ1n) is 16.2. The van der Waals surface area contributed by atoms with Crippen molar-refractivity contribution in [1.82, 2.24) is 9.80 Å². The first-order chi connectivity index (χ1) is 22.1. The number of piperidine rings is 1. The van der Waals surface area contributed by atoms with Crippen LogP contribution in [0, 0.1) is 0 Å². The van der Waals surface area contributed by atoms with Crippen LogP contribution in [0.3, 0.4) is 0 Å². The van der Waals surface area contributed by atoms with Crippen LogP contribution in [0.5, 0.6) is 11.5 Å². The van der Waals surface area contributed by atoms with Crippen LogP contribution in [0.4, 0.5) is 0 Å². The number of likely N-dealkylation sites (N-methyl/N-ethyl adjacent to an activating group) is 1. The van der Waals surface area contributed by atoms with E-state index in [2.05, 4.69) is 29.0 Å². The number of rotatable bonds is 10. The molecule has 0 bridgehead atoms. The molecule has 0 unspecified atom stereocenters. The maximum absolute atomic E-state index is 13.3. The number of aryl methyl sites for hydroxylation is 1. The van der Waals surface area contributed by atoms with Crippen LogP contribution in [-0.2, 0) is 12.2 Å². The number of likely N-dealkylation sites (tertiary alicyclic amines) is 1. The Balaban J connectivity index is 1.09. The van der Waals surface area contributed by atoms with Crippen LogP contribution in [0.25, 0.3) is 22.3 Å². The van der Waals surface area contributed by atoms with E-state index >= 15 is 0 Å². The predicted octanol–water partition coefficient (Wildman–Crippen LogP) is 7.48. The van der Waals surface area contributed by atoms with E-state index < -0.39 is 5.79 Å². The summed E-state index contributed by atoms with van der Waals surface area (Å²) in [5.41, 5.74) is 4.10. The Bertz CT molecular complexity index is 1760. The molecule has 1 saturated heterocycles. The molecular formula is C39H40N2O4. The SMILES string of the molecule is CN(CCCc1ccc(-c2cc(=O)c3ccc4c(c3o2)OC(c2ccccc2)(c2ccccc2)O4)cc1)CCN1CCCCC1. The zero-order valence-electron chi connectivity index (χ0n) is 25.9. The molecule has 4 aromatic carbocycles. The monoisotopic (exact) mass is 600 g/mol. The van der Waals surface area contributed by atoms with Gasteiger partial charge in [0.05, 0.1) is 5.39 Å². The van der Waals surface area contributed by atoms with Crippen molar-refractivity contribution < 1.29 is 13.9 Å². The first kappa shape index (κ1) is 29.3. The molecule has 2 aliphatic heterocycles. The van der Waals surface area contributed by atoms with Gasteiger partial charge in [0.25, 0.3) is 0 Å². The fraction of sp³-hybridized carbons (Fsp3) is 0.308. The van der Waals surface area contributed by atoms with E-state index in [4.69, 9.17) is 13.9 Å². The van der Waals surface area contributed by atoms with Gasteiger partial charge in [-0.05, 0) is 70.1 Å².